The molecule has 0 unspecified atom stereocenters. The van der Waals surface area contributed by atoms with Crippen LogP contribution in [0.15, 0.2) is 0 Å². The lowest BCUT2D eigenvalue weighted by Gasteiger charge is -2.07. The van der Waals surface area contributed by atoms with E-state index in [1.807, 2.05) is 0 Å². The van der Waals surface area contributed by atoms with Gasteiger partial charge in [-0.3, -0.25) is 9.63 Å². The zero-order valence-electron chi connectivity index (χ0n) is 5.76. The van der Waals surface area contributed by atoms with Crippen LogP contribution in [0.5, 0.6) is 0 Å². The predicted molar refractivity (Wildman–Crippen MR) is 33.2 cm³/mol. The van der Waals surface area contributed by atoms with Crippen LogP contribution in [-0.4, -0.2) is 25.1 Å². The van der Waals surface area contributed by atoms with Gasteiger partial charge in [-0.25, -0.2) is 5.06 Å². The van der Waals surface area contributed by atoms with Crippen LogP contribution in [0.3, 0.4) is 0 Å². The lowest BCUT2D eigenvalue weighted by molar-refractivity contribution is -0.161. The Morgan fingerprint density at radius 1 is 1.67 bits per heavy atom. The van der Waals surface area contributed by atoms with Crippen LogP contribution in [0.1, 0.15) is 6.92 Å². The molecule has 0 radical (unpaired) electrons. The summed E-state index contributed by atoms with van der Waals surface area (Å²) in [6.45, 7) is 1.60. The van der Waals surface area contributed by atoms with Gasteiger partial charge in [0.2, 0.25) is 0 Å². The van der Waals surface area contributed by atoms with Gasteiger partial charge >= 0.3 is 5.91 Å². The molecule has 0 N–H and O–H groups in total. The van der Waals surface area contributed by atoms with Crippen LogP contribution in [0.25, 0.3) is 0 Å². The van der Waals surface area contributed by atoms with Gasteiger partial charge in [0.05, 0.1) is 7.11 Å². The van der Waals surface area contributed by atoms with Crippen LogP contribution in [0.4, 0.5) is 0 Å². The Kier molecular flexibility index (Phi) is 3.49. The molecule has 0 bridgehead atoms. The topological polar surface area (TPSA) is 29.5 Å². The van der Waals surface area contributed by atoms with Crippen LogP contribution >= 0.6 is 0 Å². The van der Waals surface area contributed by atoms with E-state index in [4.69, 9.17) is 0 Å². The van der Waals surface area contributed by atoms with Crippen LogP contribution in [0, 0.1) is 11.8 Å². The van der Waals surface area contributed by atoms with Crippen molar-refractivity contribution < 1.29 is 9.63 Å². The van der Waals surface area contributed by atoms with Crippen molar-refractivity contribution in [2.45, 2.75) is 6.92 Å². The summed E-state index contributed by atoms with van der Waals surface area (Å²) in [5.74, 6) is 4.44. The fourth-order valence-corrected chi connectivity index (χ4v) is 0.269. The number of rotatable bonds is 1. The van der Waals surface area contributed by atoms with Crippen molar-refractivity contribution in [3.05, 3.63) is 0 Å². The first kappa shape index (κ1) is 7.99. The predicted octanol–water partition coefficient (Wildman–Crippen LogP) is 0.0295. The third kappa shape index (κ3) is 2.73. The molecule has 1 amide bonds. The van der Waals surface area contributed by atoms with E-state index >= 15 is 0 Å². The Morgan fingerprint density at radius 3 is 2.56 bits per heavy atom. The van der Waals surface area contributed by atoms with Crippen LogP contribution in [0.2, 0.25) is 0 Å². The summed E-state index contributed by atoms with van der Waals surface area (Å²) in [7, 11) is 2.92. The maximum absolute atomic E-state index is 10.6. The average molecular weight is 127 g/mol. The summed E-state index contributed by atoms with van der Waals surface area (Å²) in [6.07, 6.45) is 0. The highest BCUT2D eigenvalue weighted by molar-refractivity contribution is 5.92. The molecule has 0 saturated carbocycles. The highest BCUT2D eigenvalue weighted by atomic mass is 16.7. The number of carbonyl (C=O) groups excluding carboxylic acids is 1. The Bertz CT molecular complexity index is 154. The van der Waals surface area contributed by atoms with Gasteiger partial charge in [-0.05, 0) is 12.8 Å². The molecule has 0 aromatic rings. The summed E-state index contributed by atoms with van der Waals surface area (Å²) in [5.41, 5.74) is 0. The molecule has 50 valence electrons. The zero-order valence-corrected chi connectivity index (χ0v) is 5.76. The Hall–Kier alpha value is -1.01. The molecular formula is C6H9NO2. The molecule has 0 heterocycles. The van der Waals surface area contributed by atoms with E-state index in [-0.39, 0.29) is 5.91 Å². The van der Waals surface area contributed by atoms with Crippen molar-refractivity contribution in [1.29, 1.82) is 0 Å². The summed E-state index contributed by atoms with van der Waals surface area (Å²) < 4.78 is 0. The number of hydrogen-bond acceptors (Lipinski definition) is 2. The number of carbonyl (C=O) groups is 1. The summed E-state index contributed by atoms with van der Waals surface area (Å²) in [6, 6.07) is 0. The molecular weight excluding hydrogens is 118 g/mol. The second kappa shape index (κ2) is 3.93. The Balaban J connectivity index is 3.83. The SMILES string of the molecule is CC#CC(=O)N(C)OC. The van der Waals surface area contributed by atoms with Gasteiger partial charge in [0.1, 0.15) is 0 Å². The third-order valence-electron chi connectivity index (χ3n) is 0.792. The monoisotopic (exact) mass is 127 g/mol. The first-order valence-corrected chi connectivity index (χ1v) is 2.47. The van der Waals surface area contributed by atoms with Crippen molar-refractivity contribution in [2.75, 3.05) is 14.2 Å². The van der Waals surface area contributed by atoms with E-state index in [2.05, 4.69) is 16.7 Å². The molecule has 9 heavy (non-hydrogen) atoms. The highest BCUT2D eigenvalue weighted by Gasteiger charge is 2.00. The highest BCUT2D eigenvalue weighted by Crippen LogP contribution is 1.79. The van der Waals surface area contributed by atoms with E-state index in [0.29, 0.717) is 0 Å². The van der Waals surface area contributed by atoms with E-state index in [1.54, 1.807) is 6.92 Å². The number of hydrogen-bond donors (Lipinski definition) is 0. The first-order valence-electron chi connectivity index (χ1n) is 2.47. The van der Waals surface area contributed by atoms with Gasteiger partial charge in [0.25, 0.3) is 0 Å². The van der Waals surface area contributed by atoms with Crippen LogP contribution in [-0.2, 0) is 9.63 Å². The molecule has 0 saturated heterocycles. The Labute approximate surface area is 54.6 Å². The van der Waals surface area contributed by atoms with E-state index in [1.165, 1.54) is 14.2 Å². The second-order valence-electron chi connectivity index (χ2n) is 1.36. The molecule has 0 rings (SSSR count). The van der Waals surface area contributed by atoms with E-state index < -0.39 is 0 Å². The van der Waals surface area contributed by atoms with Crippen molar-refractivity contribution in [3.8, 4) is 11.8 Å². The fraction of sp³-hybridized carbons (Fsp3) is 0.500. The van der Waals surface area contributed by atoms with Crippen molar-refractivity contribution in [3.63, 3.8) is 0 Å². The van der Waals surface area contributed by atoms with E-state index in [0.717, 1.165) is 5.06 Å². The minimum Gasteiger partial charge on any atom is -0.274 e. The number of nitrogens with zero attached hydrogens (tertiary/aromatic N) is 1. The minimum absolute atomic E-state index is 0.333. The normalized spacial score (nSPS) is 7.44. The van der Waals surface area contributed by atoms with Gasteiger partial charge in [-0.1, -0.05) is 5.92 Å². The van der Waals surface area contributed by atoms with Gasteiger partial charge in [0, 0.05) is 7.05 Å². The smallest absolute Gasteiger partial charge is 0.274 e. The first-order chi connectivity index (χ1) is 4.22. The summed E-state index contributed by atoms with van der Waals surface area (Å²) in [5, 5.41) is 1.07. The third-order valence-corrected chi connectivity index (χ3v) is 0.792. The lowest BCUT2D eigenvalue weighted by atomic mass is 10.6. The molecule has 0 aliphatic rings. The second-order valence-corrected chi connectivity index (χ2v) is 1.36. The average Bonchev–Trinajstić information content (AvgIpc) is 1.87. The quantitative estimate of drug-likeness (QED) is 0.367. The molecule has 3 heteroatoms. The van der Waals surface area contributed by atoms with Crippen molar-refractivity contribution in [2.24, 2.45) is 0 Å². The van der Waals surface area contributed by atoms with Crippen molar-refractivity contribution in [1.82, 2.24) is 5.06 Å². The summed E-state index contributed by atoms with van der Waals surface area (Å²) in [4.78, 5) is 15.1. The number of amides is 1. The van der Waals surface area contributed by atoms with Gasteiger partial charge in [0.15, 0.2) is 0 Å². The van der Waals surface area contributed by atoms with Crippen molar-refractivity contribution >= 4 is 5.91 Å². The van der Waals surface area contributed by atoms with Crippen LogP contribution < -0.4 is 0 Å². The standard InChI is InChI=1S/C6H9NO2/c1-4-5-6(8)7(2)9-3/h1-3H3. The zero-order chi connectivity index (χ0) is 7.28. The Morgan fingerprint density at radius 2 is 2.22 bits per heavy atom. The lowest BCUT2D eigenvalue weighted by Crippen LogP contribution is -2.23. The molecule has 0 aliphatic carbocycles. The maximum atomic E-state index is 10.6. The van der Waals surface area contributed by atoms with Gasteiger partial charge < -0.3 is 0 Å². The van der Waals surface area contributed by atoms with Gasteiger partial charge in [-0.15, -0.1) is 0 Å². The molecule has 0 aromatic heterocycles. The molecule has 0 spiro atoms. The fourth-order valence-electron chi connectivity index (χ4n) is 0.269. The minimum atomic E-state index is -0.333. The number of hydroxylamine groups is 2. The van der Waals surface area contributed by atoms with E-state index in [9.17, 15) is 4.79 Å². The molecule has 0 aliphatic heterocycles. The molecule has 0 aromatic carbocycles. The molecule has 0 atom stereocenters. The maximum Gasteiger partial charge on any atom is 0.321 e. The largest absolute Gasteiger partial charge is 0.321 e. The summed E-state index contributed by atoms with van der Waals surface area (Å²) >= 11 is 0. The van der Waals surface area contributed by atoms with Gasteiger partial charge in [-0.2, -0.15) is 0 Å². The molecule has 3 nitrogen and oxygen atoms in total. The molecule has 0 fully saturated rings.